The molecule has 1 N–H and O–H groups in total. The molecule has 3 aromatic rings. The van der Waals surface area contributed by atoms with Gasteiger partial charge in [-0.25, -0.2) is 0 Å². The summed E-state index contributed by atoms with van der Waals surface area (Å²) in [5.41, 5.74) is 1.17. The first-order valence-corrected chi connectivity index (χ1v) is 6.50. The molecule has 0 aliphatic carbocycles. The van der Waals surface area contributed by atoms with E-state index in [0.717, 1.165) is 5.69 Å². The van der Waals surface area contributed by atoms with Gasteiger partial charge in [-0.1, -0.05) is 29.8 Å². The van der Waals surface area contributed by atoms with Crippen molar-refractivity contribution in [2.45, 2.75) is 0 Å². The molecule has 0 fully saturated rings. The lowest BCUT2D eigenvalue weighted by Gasteiger charge is -2.08. The Kier molecular flexibility index (Phi) is 3.61. The SMILES string of the molecule is O=C(Nc1nncn1-c1ccccc1)c1ccncc1Cl. The van der Waals surface area contributed by atoms with Crippen molar-refractivity contribution in [2.24, 2.45) is 0 Å². The molecule has 21 heavy (non-hydrogen) atoms. The average molecular weight is 300 g/mol. The molecular weight excluding hydrogens is 290 g/mol. The summed E-state index contributed by atoms with van der Waals surface area (Å²) in [6.45, 7) is 0. The molecule has 0 aliphatic rings. The van der Waals surface area contributed by atoms with E-state index in [1.165, 1.54) is 18.7 Å². The number of rotatable bonds is 3. The average Bonchev–Trinajstić information content (AvgIpc) is 2.96. The first-order chi connectivity index (χ1) is 10.3. The van der Waals surface area contributed by atoms with Crippen molar-refractivity contribution in [1.82, 2.24) is 19.7 Å². The van der Waals surface area contributed by atoms with Crippen LogP contribution in [0.3, 0.4) is 0 Å². The quantitative estimate of drug-likeness (QED) is 0.806. The number of aromatic nitrogens is 4. The van der Waals surface area contributed by atoms with Crippen molar-refractivity contribution in [3.8, 4) is 5.69 Å². The molecule has 6 nitrogen and oxygen atoms in total. The first-order valence-electron chi connectivity index (χ1n) is 6.12. The van der Waals surface area contributed by atoms with Gasteiger partial charge in [0.25, 0.3) is 5.91 Å². The highest BCUT2D eigenvalue weighted by molar-refractivity contribution is 6.34. The lowest BCUT2D eigenvalue weighted by atomic mass is 10.2. The summed E-state index contributed by atoms with van der Waals surface area (Å²) < 4.78 is 1.67. The fraction of sp³-hybridized carbons (Fsp3) is 0. The topological polar surface area (TPSA) is 72.7 Å². The number of benzene rings is 1. The van der Waals surface area contributed by atoms with E-state index in [-0.39, 0.29) is 10.9 Å². The van der Waals surface area contributed by atoms with Gasteiger partial charge >= 0.3 is 0 Å². The van der Waals surface area contributed by atoms with Gasteiger partial charge in [0.1, 0.15) is 6.33 Å². The normalized spacial score (nSPS) is 10.3. The van der Waals surface area contributed by atoms with Crippen molar-refractivity contribution in [3.63, 3.8) is 0 Å². The van der Waals surface area contributed by atoms with E-state index >= 15 is 0 Å². The van der Waals surface area contributed by atoms with Crippen LogP contribution in [0.4, 0.5) is 5.95 Å². The Bertz CT molecular complexity index is 772. The number of carbonyl (C=O) groups is 1. The highest BCUT2D eigenvalue weighted by atomic mass is 35.5. The predicted octanol–water partition coefficient (Wildman–Crippen LogP) is 2.57. The number of pyridine rings is 1. The van der Waals surface area contributed by atoms with E-state index in [1.54, 1.807) is 10.6 Å². The maximum absolute atomic E-state index is 12.2. The van der Waals surface area contributed by atoms with Crippen LogP contribution in [0.15, 0.2) is 55.1 Å². The fourth-order valence-electron chi connectivity index (χ4n) is 1.83. The van der Waals surface area contributed by atoms with Crippen LogP contribution in [-0.4, -0.2) is 25.7 Å². The molecule has 3 rings (SSSR count). The predicted molar refractivity (Wildman–Crippen MR) is 78.6 cm³/mol. The molecule has 1 aromatic carbocycles. The van der Waals surface area contributed by atoms with E-state index in [1.807, 2.05) is 30.3 Å². The second-order valence-corrected chi connectivity index (χ2v) is 4.58. The Hall–Kier alpha value is -2.73. The summed E-state index contributed by atoms with van der Waals surface area (Å²) in [6.07, 6.45) is 4.44. The minimum Gasteiger partial charge on any atom is -0.290 e. The molecular formula is C14H10ClN5O. The van der Waals surface area contributed by atoms with Gasteiger partial charge < -0.3 is 0 Å². The third-order valence-corrected chi connectivity index (χ3v) is 3.13. The number of carbonyl (C=O) groups excluding carboxylic acids is 1. The number of hydrogen-bond donors (Lipinski definition) is 1. The molecule has 104 valence electrons. The van der Waals surface area contributed by atoms with Gasteiger partial charge in [0, 0.05) is 12.4 Å². The minimum absolute atomic E-state index is 0.278. The second-order valence-electron chi connectivity index (χ2n) is 4.17. The number of nitrogens with one attached hydrogen (secondary N) is 1. The zero-order valence-electron chi connectivity index (χ0n) is 10.8. The summed E-state index contributed by atoms with van der Waals surface area (Å²) >= 11 is 5.95. The second kappa shape index (κ2) is 5.72. The van der Waals surface area contributed by atoms with E-state index in [0.29, 0.717) is 11.5 Å². The Morgan fingerprint density at radius 1 is 1.19 bits per heavy atom. The van der Waals surface area contributed by atoms with E-state index in [2.05, 4.69) is 20.5 Å². The molecule has 0 radical (unpaired) electrons. The van der Waals surface area contributed by atoms with Gasteiger partial charge in [-0.3, -0.25) is 19.7 Å². The number of hydrogen-bond acceptors (Lipinski definition) is 4. The minimum atomic E-state index is -0.368. The lowest BCUT2D eigenvalue weighted by molar-refractivity contribution is 0.102. The van der Waals surface area contributed by atoms with Crippen LogP contribution in [0.2, 0.25) is 5.02 Å². The Balaban J connectivity index is 1.89. The van der Waals surface area contributed by atoms with Gasteiger partial charge in [0.15, 0.2) is 0 Å². The molecule has 2 heterocycles. The van der Waals surface area contributed by atoms with Crippen LogP contribution in [0.1, 0.15) is 10.4 Å². The smallest absolute Gasteiger partial charge is 0.259 e. The maximum Gasteiger partial charge on any atom is 0.259 e. The van der Waals surface area contributed by atoms with Crippen molar-refractivity contribution >= 4 is 23.5 Å². The summed E-state index contributed by atoms with van der Waals surface area (Å²) in [7, 11) is 0. The molecule has 2 aromatic heterocycles. The van der Waals surface area contributed by atoms with E-state index in [9.17, 15) is 4.79 Å². The van der Waals surface area contributed by atoms with Crippen molar-refractivity contribution in [2.75, 3.05) is 5.32 Å². The summed E-state index contributed by atoms with van der Waals surface area (Å²) in [4.78, 5) is 16.1. The molecule has 0 aliphatic heterocycles. The highest BCUT2D eigenvalue weighted by Gasteiger charge is 2.14. The van der Waals surface area contributed by atoms with Crippen LogP contribution < -0.4 is 5.32 Å². The van der Waals surface area contributed by atoms with Crippen molar-refractivity contribution < 1.29 is 4.79 Å². The third-order valence-electron chi connectivity index (χ3n) is 2.82. The Morgan fingerprint density at radius 2 is 2.00 bits per heavy atom. The molecule has 0 bridgehead atoms. The van der Waals surface area contributed by atoms with Crippen LogP contribution >= 0.6 is 11.6 Å². The summed E-state index contributed by atoms with van der Waals surface area (Å²) in [5.74, 6) is -0.0494. The van der Waals surface area contributed by atoms with Crippen LogP contribution in [0.25, 0.3) is 5.69 Å². The lowest BCUT2D eigenvalue weighted by Crippen LogP contribution is -2.16. The van der Waals surface area contributed by atoms with Crippen LogP contribution in [0, 0.1) is 0 Å². The van der Waals surface area contributed by atoms with Crippen molar-refractivity contribution in [1.29, 1.82) is 0 Å². The standard InChI is InChI=1S/C14H10ClN5O/c15-12-8-16-7-6-11(12)13(21)18-14-19-17-9-20(14)10-4-2-1-3-5-10/h1-9H,(H,18,19,21). The molecule has 0 saturated heterocycles. The summed E-state index contributed by atoms with van der Waals surface area (Å²) in [6, 6.07) is 11.0. The van der Waals surface area contributed by atoms with Crippen LogP contribution in [-0.2, 0) is 0 Å². The summed E-state index contributed by atoms with van der Waals surface area (Å²) in [5, 5.41) is 10.7. The van der Waals surface area contributed by atoms with Gasteiger partial charge in [-0.2, -0.15) is 0 Å². The molecule has 0 atom stereocenters. The van der Waals surface area contributed by atoms with Crippen LogP contribution in [0.5, 0.6) is 0 Å². The van der Waals surface area contributed by atoms with Crippen molar-refractivity contribution in [3.05, 3.63) is 65.7 Å². The molecule has 7 heteroatoms. The maximum atomic E-state index is 12.2. The number of halogens is 1. The monoisotopic (exact) mass is 299 g/mol. The zero-order valence-corrected chi connectivity index (χ0v) is 11.5. The highest BCUT2D eigenvalue weighted by Crippen LogP contribution is 2.17. The van der Waals surface area contributed by atoms with E-state index in [4.69, 9.17) is 11.6 Å². The molecule has 0 unspecified atom stereocenters. The van der Waals surface area contributed by atoms with Gasteiger partial charge in [0.05, 0.1) is 16.3 Å². The first kappa shape index (κ1) is 13.3. The fourth-order valence-corrected chi connectivity index (χ4v) is 2.03. The van der Waals surface area contributed by atoms with Gasteiger partial charge in [0.2, 0.25) is 5.95 Å². The third kappa shape index (κ3) is 2.75. The largest absolute Gasteiger partial charge is 0.290 e. The Labute approximate surface area is 125 Å². The molecule has 0 saturated carbocycles. The Morgan fingerprint density at radius 3 is 2.76 bits per heavy atom. The van der Waals surface area contributed by atoms with Gasteiger partial charge in [-0.05, 0) is 18.2 Å². The number of para-hydroxylation sites is 1. The van der Waals surface area contributed by atoms with Gasteiger partial charge in [-0.15, -0.1) is 10.2 Å². The van der Waals surface area contributed by atoms with E-state index < -0.39 is 0 Å². The number of amides is 1. The molecule has 1 amide bonds. The number of anilines is 1. The number of nitrogens with zero attached hydrogens (tertiary/aromatic N) is 4. The zero-order chi connectivity index (χ0) is 14.7. The molecule has 0 spiro atoms.